The lowest BCUT2D eigenvalue weighted by molar-refractivity contribution is 0.0735. The number of unbranched alkanes of at least 4 members (excludes halogenated alkanes) is 3. The molecule has 0 saturated carbocycles. The van der Waals surface area contributed by atoms with E-state index >= 15 is 0 Å². The highest BCUT2D eigenvalue weighted by molar-refractivity contribution is 5.90. The standard InChI is InChI=1S/C25H26N2O3/c1-2-3-4-8-19-29-23-15-11-21(12-16-23)26-27-22-13-17-24(18-14-22)30-25(28)20-9-6-5-7-10-20/h5-7,9-18H,2-4,8,19H2,1H3. The van der Waals surface area contributed by atoms with Gasteiger partial charge >= 0.3 is 5.97 Å². The van der Waals surface area contributed by atoms with Crippen molar-refractivity contribution in [3.63, 3.8) is 0 Å². The smallest absolute Gasteiger partial charge is 0.343 e. The fraction of sp³-hybridized carbons (Fsp3) is 0.240. The van der Waals surface area contributed by atoms with Crippen molar-refractivity contribution in [2.75, 3.05) is 6.61 Å². The van der Waals surface area contributed by atoms with E-state index in [0.717, 1.165) is 24.5 Å². The highest BCUT2D eigenvalue weighted by atomic mass is 16.5. The van der Waals surface area contributed by atoms with Crippen molar-refractivity contribution >= 4 is 17.3 Å². The molecule has 3 rings (SSSR count). The number of hydrogen-bond acceptors (Lipinski definition) is 5. The van der Waals surface area contributed by atoms with Crippen LogP contribution in [0.4, 0.5) is 11.4 Å². The number of benzene rings is 3. The lowest BCUT2D eigenvalue weighted by atomic mass is 10.2. The highest BCUT2D eigenvalue weighted by Crippen LogP contribution is 2.23. The zero-order valence-electron chi connectivity index (χ0n) is 17.2. The summed E-state index contributed by atoms with van der Waals surface area (Å²) in [6, 6.07) is 23.3. The SMILES string of the molecule is CCCCCCOc1ccc(N=Nc2ccc(OC(=O)c3ccccc3)cc2)cc1. The topological polar surface area (TPSA) is 60.3 Å². The van der Waals surface area contributed by atoms with E-state index in [0.29, 0.717) is 17.0 Å². The average molecular weight is 402 g/mol. The fourth-order valence-electron chi connectivity index (χ4n) is 2.76. The Hall–Kier alpha value is -3.47. The maximum atomic E-state index is 12.1. The van der Waals surface area contributed by atoms with Gasteiger partial charge in [-0.25, -0.2) is 4.79 Å². The third kappa shape index (κ3) is 6.85. The van der Waals surface area contributed by atoms with E-state index in [1.807, 2.05) is 30.3 Å². The number of esters is 1. The van der Waals surface area contributed by atoms with Gasteiger partial charge in [-0.3, -0.25) is 0 Å². The molecule has 0 aliphatic heterocycles. The molecule has 0 bridgehead atoms. The normalized spacial score (nSPS) is 10.8. The van der Waals surface area contributed by atoms with Crippen LogP contribution in [0.3, 0.4) is 0 Å². The Labute approximate surface area is 177 Å². The van der Waals surface area contributed by atoms with Crippen LogP contribution in [0.5, 0.6) is 11.5 Å². The average Bonchev–Trinajstić information content (AvgIpc) is 2.80. The van der Waals surface area contributed by atoms with Gasteiger partial charge in [0.2, 0.25) is 0 Å². The van der Waals surface area contributed by atoms with Gasteiger partial charge < -0.3 is 9.47 Å². The van der Waals surface area contributed by atoms with Crippen molar-refractivity contribution < 1.29 is 14.3 Å². The fourth-order valence-corrected chi connectivity index (χ4v) is 2.76. The van der Waals surface area contributed by atoms with Gasteiger partial charge in [-0.2, -0.15) is 10.2 Å². The van der Waals surface area contributed by atoms with Crippen molar-refractivity contribution in [1.82, 2.24) is 0 Å². The van der Waals surface area contributed by atoms with Gasteiger partial charge in [0, 0.05) is 0 Å². The molecule has 0 saturated heterocycles. The van der Waals surface area contributed by atoms with E-state index in [1.165, 1.54) is 19.3 Å². The number of hydrogen-bond donors (Lipinski definition) is 0. The Balaban J connectivity index is 1.49. The number of carbonyl (C=O) groups is 1. The number of rotatable bonds is 10. The first-order valence-electron chi connectivity index (χ1n) is 10.3. The molecule has 3 aromatic rings. The van der Waals surface area contributed by atoms with Crippen LogP contribution in [0.15, 0.2) is 89.1 Å². The minimum Gasteiger partial charge on any atom is -0.494 e. The largest absolute Gasteiger partial charge is 0.494 e. The molecule has 154 valence electrons. The van der Waals surface area contributed by atoms with Crippen molar-refractivity contribution in [3.8, 4) is 11.5 Å². The summed E-state index contributed by atoms with van der Waals surface area (Å²) in [6.07, 6.45) is 4.75. The molecule has 3 aromatic carbocycles. The third-order valence-corrected chi connectivity index (χ3v) is 4.44. The summed E-state index contributed by atoms with van der Waals surface area (Å²) in [4.78, 5) is 12.1. The Bertz CT molecular complexity index is 936. The zero-order chi connectivity index (χ0) is 21.0. The molecule has 0 atom stereocenters. The Morgan fingerprint density at radius 1 is 0.733 bits per heavy atom. The summed E-state index contributed by atoms with van der Waals surface area (Å²) in [5.41, 5.74) is 1.92. The predicted molar refractivity (Wildman–Crippen MR) is 118 cm³/mol. The highest BCUT2D eigenvalue weighted by Gasteiger charge is 2.07. The van der Waals surface area contributed by atoms with E-state index < -0.39 is 5.97 Å². The van der Waals surface area contributed by atoms with Crippen LogP contribution in [0.1, 0.15) is 43.0 Å². The first-order valence-corrected chi connectivity index (χ1v) is 10.3. The van der Waals surface area contributed by atoms with Crippen LogP contribution in [0, 0.1) is 0 Å². The van der Waals surface area contributed by atoms with Gasteiger partial charge in [-0.15, -0.1) is 0 Å². The van der Waals surface area contributed by atoms with Gasteiger partial charge in [0.15, 0.2) is 0 Å². The molecule has 0 aromatic heterocycles. The van der Waals surface area contributed by atoms with Crippen molar-refractivity contribution in [2.24, 2.45) is 10.2 Å². The lowest BCUT2D eigenvalue weighted by Crippen LogP contribution is -2.07. The van der Waals surface area contributed by atoms with E-state index in [1.54, 1.807) is 48.5 Å². The molecule has 0 heterocycles. The molecule has 0 radical (unpaired) electrons. The number of nitrogens with zero attached hydrogens (tertiary/aromatic N) is 2. The summed E-state index contributed by atoms with van der Waals surface area (Å²) in [6.45, 7) is 2.94. The second kappa shape index (κ2) is 11.5. The van der Waals surface area contributed by atoms with Crippen LogP contribution < -0.4 is 9.47 Å². The number of ether oxygens (including phenoxy) is 2. The number of azo groups is 1. The second-order valence-electron chi connectivity index (χ2n) is 6.85. The van der Waals surface area contributed by atoms with E-state index in [9.17, 15) is 4.79 Å². The molecule has 0 aliphatic rings. The minimum atomic E-state index is -0.391. The summed E-state index contributed by atoms with van der Waals surface area (Å²) >= 11 is 0. The monoisotopic (exact) mass is 402 g/mol. The van der Waals surface area contributed by atoms with Crippen LogP contribution in [-0.4, -0.2) is 12.6 Å². The summed E-state index contributed by atoms with van der Waals surface area (Å²) < 4.78 is 11.1. The van der Waals surface area contributed by atoms with Crippen molar-refractivity contribution in [1.29, 1.82) is 0 Å². The van der Waals surface area contributed by atoms with Gasteiger partial charge in [-0.05, 0) is 67.1 Å². The lowest BCUT2D eigenvalue weighted by Gasteiger charge is -2.05. The van der Waals surface area contributed by atoms with Crippen LogP contribution in [-0.2, 0) is 0 Å². The van der Waals surface area contributed by atoms with Crippen LogP contribution in [0.2, 0.25) is 0 Å². The van der Waals surface area contributed by atoms with Gasteiger partial charge in [0.25, 0.3) is 0 Å². The molecule has 0 unspecified atom stereocenters. The van der Waals surface area contributed by atoms with E-state index in [-0.39, 0.29) is 0 Å². The van der Waals surface area contributed by atoms with Crippen molar-refractivity contribution in [3.05, 3.63) is 84.4 Å². The summed E-state index contributed by atoms with van der Waals surface area (Å²) in [5.74, 6) is 0.913. The molecule has 5 nitrogen and oxygen atoms in total. The molecule has 0 fully saturated rings. The Kier molecular flexibility index (Phi) is 8.15. The summed E-state index contributed by atoms with van der Waals surface area (Å²) in [7, 11) is 0. The quantitative estimate of drug-likeness (QED) is 0.155. The molecule has 0 N–H and O–H groups in total. The maximum Gasteiger partial charge on any atom is 0.343 e. The number of carbonyl (C=O) groups excluding carboxylic acids is 1. The third-order valence-electron chi connectivity index (χ3n) is 4.44. The van der Waals surface area contributed by atoms with Crippen LogP contribution >= 0.6 is 0 Å². The van der Waals surface area contributed by atoms with E-state index in [4.69, 9.17) is 9.47 Å². The molecule has 30 heavy (non-hydrogen) atoms. The first kappa shape index (κ1) is 21.2. The summed E-state index contributed by atoms with van der Waals surface area (Å²) in [5, 5.41) is 8.46. The van der Waals surface area contributed by atoms with Gasteiger partial charge in [0.05, 0.1) is 23.5 Å². The molecule has 0 aliphatic carbocycles. The van der Waals surface area contributed by atoms with E-state index in [2.05, 4.69) is 17.2 Å². The molecule has 0 spiro atoms. The molecule has 5 heteroatoms. The Morgan fingerprint density at radius 3 is 1.93 bits per heavy atom. The molecular weight excluding hydrogens is 376 g/mol. The van der Waals surface area contributed by atoms with Crippen molar-refractivity contribution in [2.45, 2.75) is 32.6 Å². The van der Waals surface area contributed by atoms with Crippen LogP contribution in [0.25, 0.3) is 0 Å². The van der Waals surface area contributed by atoms with Gasteiger partial charge in [-0.1, -0.05) is 44.4 Å². The second-order valence-corrected chi connectivity index (χ2v) is 6.85. The maximum absolute atomic E-state index is 12.1. The van der Waals surface area contributed by atoms with Gasteiger partial charge in [0.1, 0.15) is 11.5 Å². The predicted octanol–water partition coefficient (Wildman–Crippen LogP) is 7.28. The Morgan fingerprint density at radius 2 is 1.33 bits per heavy atom. The zero-order valence-corrected chi connectivity index (χ0v) is 17.2. The molecule has 0 amide bonds. The molecular formula is C25H26N2O3. The minimum absolute atomic E-state index is 0.391. The first-order chi connectivity index (χ1) is 14.7.